The molecule has 0 fully saturated rings. The molecule has 0 unspecified atom stereocenters. The van der Waals surface area contributed by atoms with Crippen LogP contribution >= 0.6 is 45.2 Å². The fourth-order valence-electron chi connectivity index (χ4n) is 0.159. The van der Waals surface area contributed by atoms with Crippen LogP contribution in [0.1, 0.15) is 13.8 Å². The minimum absolute atomic E-state index is 0.277. The highest BCUT2D eigenvalue weighted by atomic mass is 127. The molecular formula is C6H10I2. The van der Waals surface area contributed by atoms with Crippen LogP contribution in [0.15, 0.2) is 12.2 Å². The fraction of sp³-hybridized carbons (Fsp3) is 0.667. The van der Waals surface area contributed by atoms with E-state index in [4.69, 9.17) is 0 Å². The van der Waals surface area contributed by atoms with Crippen LogP contribution in [0.25, 0.3) is 0 Å². The number of halogens is 2. The van der Waals surface area contributed by atoms with E-state index < -0.39 is 0 Å². The average molecular weight is 336 g/mol. The maximum absolute atomic E-state index is 3.93. The van der Waals surface area contributed by atoms with Gasteiger partial charge in [0.2, 0.25) is 0 Å². The van der Waals surface area contributed by atoms with Crippen molar-refractivity contribution in [1.82, 2.24) is 0 Å². The zero-order chi connectivity index (χ0) is 6.78. The monoisotopic (exact) mass is 336 g/mol. The third-order valence-corrected chi connectivity index (χ3v) is 2.69. The summed E-state index contributed by atoms with van der Waals surface area (Å²) in [5.74, 6) is 0. The largest absolute Gasteiger partial charge is 0.0978 e. The van der Waals surface area contributed by atoms with Crippen molar-refractivity contribution in [3.8, 4) is 0 Å². The molecule has 0 aliphatic carbocycles. The molecule has 8 heavy (non-hydrogen) atoms. The maximum atomic E-state index is 3.93. The highest BCUT2D eigenvalue weighted by Gasteiger charge is 2.14. The minimum Gasteiger partial charge on any atom is -0.0978 e. The van der Waals surface area contributed by atoms with E-state index in [9.17, 15) is 0 Å². The van der Waals surface area contributed by atoms with Gasteiger partial charge < -0.3 is 0 Å². The van der Waals surface area contributed by atoms with Gasteiger partial charge in [0.05, 0.1) is 0 Å². The SMILES string of the molecule is C=C(CI)C(C)(C)I. The molecule has 0 radical (unpaired) electrons. The second kappa shape index (κ2) is 3.39. The molecule has 0 amide bonds. The van der Waals surface area contributed by atoms with Crippen molar-refractivity contribution in [2.45, 2.75) is 17.3 Å². The molecule has 0 spiro atoms. The van der Waals surface area contributed by atoms with Gasteiger partial charge in [0.25, 0.3) is 0 Å². The van der Waals surface area contributed by atoms with Gasteiger partial charge in [-0.3, -0.25) is 0 Å². The molecule has 0 aromatic rings. The summed E-state index contributed by atoms with van der Waals surface area (Å²) >= 11 is 4.73. The van der Waals surface area contributed by atoms with Gasteiger partial charge in [-0.25, -0.2) is 0 Å². The normalized spacial score (nSPS) is 11.5. The Balaban J connectivity index is 3.82. The fourth-order valence-corrected chi connectivity index (χ4v) is 2.03. The molecule has 0 heterocycles. The Morgan fingerprint density at radius 3 is 2.00 bits per heavy atom. The van der Waals surface area contributed by atoms with E-state index in [0.717, 1.165) is 4.43 Å². The molecule has 48 valence electrons. The first-order chi connectivity index (χ1) is 3.48. The second-order valence-electron chi connectivity index (χ2n) is 2.21. The highest BCUT2D eigenvalue weighted by Crippen LogP contribution is 2.26. The summed E-state index contributed by atoms with van der Waals surface area (Å²) in [6.07, 6.45) is 0. The van der Waals surface area contributed by atoms with Crippen molar-refractivity contribution in [1.29, 1.82) is 0 Å². The second-order valence-corrected chi connectivity index (χ2v) is 5.67. The lowest BCUT2D eigenvalue weighted by Crippen LogP contribution is -2.12. The lowest BCUT2D eigenvalue weighted by Gasteiger charge is -2.16. The van der Waals surface area contributed by atoms with Gasteiger partial charge in [-0.15, -0.1) is 0 Å². The van der Waals surface area contributed by atoms with Crippen molar-refractivity contribution < 1.29 is 0 Å². The molecule has 0 atom stereocenters. The van der Waals surface area contributed by atoms with E-state index in [1.165, 1.54) is 5.57 Å². The van der Waals surface area contributed by atoms with Gasteiger partial charge in [0, 0.05) is 7.85 Å². The number of rotatable bonds is 2. The smallest absolute Gasteiger partial charge is 0.0378 e. The average Bonchev–Trinajstić information content (AvgIpc) is 1.62. The Bertz CT molecular complexity index is 89.2. The maximum Gasteiger partial charge on any atom is 0.0378 e. The van der Waals surface area contributed by atoms with Crippen LogP contribution in [0.3, 0.4) is 0 Å². The first kappa shape index (κ1) is 9.20. The molecule has 0 saturated carbocycles. The van der Waals surface area contributed by atoms with E-state index >= 15 is 0 Å². The Morgan fingerprint density at radius 2 is 2.00 bits per heavy atom. The number of allylic oxidation sites excluding steroid dienone is 1. The number of alkyl halides is 2. The summed E-state index contributed by atoms with van der Waals surface area (Å²) in [5, 5.41) is 0. The van der Waals surface area contributed by atoms with Gasteiger partial charge in [-0.1, -0.05) is 57.3 Å². The quantitative estimate of drug-likeness (QED) is 0.413. The molecule has 2 heteroatoms. The molecule has 0 aromatic carbocycles. The molecule has 0 N–H and O–H groups in total. The van der Waals surface area contributed by atoms with Crippen LogP contribution < -0.4 is 0 Å². The highest BCUT2D eigenvalue weighted by molar-refractivity contribution is 14.1. The molecule has 0 aliphatic rings. The van der Waals surface area contributed by atoms with Crippen LogP contribution in [0.4, 0.5) is 0 Å². The summed E-state index contributed by atoms with van der Waals surface area (Å²) < 4.78 is 1.34. The zero-order valence-electron chi connectivity index (χ0n) is 5.17. The predicted molar refractivity (Wildman–Crippen MR) is 56.1 cm³/mol. The lowest BCUT2D eigenvalue weighted by molar-refractivity contribution is 0.887. The van der Waals surface area contributed by atoms with Crippen molar-refractivity contribution >= 4 is 45.2 Å². The van der Waals surface area contributed by atoms with Crippen molar-refractivity contribution in [3.63, 3.8) is 0 Å². The van der Waals surface area contributed by atoms with E-state index in [2.05, 4.69) is 65.6 Å². The Kier molecular flexibility index (Phi) is 3.90. The molecular weight excluding hydrogens is 326 g/mol. The van der Waals surface area contributed by atoms with Crippen molar-refractivity contribution in [3.05, 3.63) is 12.2 Å². The van der Waals surface area contributed by atoms with Gasteiger partial charge in [0.15, 0.2) is 0 Å². The van der Waals surface area contributed by atoms with Crippen LogP contribution in [-0.4, -0.2) is 7.85 Å². The van der Waals surface area contributed by atoms with Crippen LogP contribution in [0, 0.1) is 0 Å². The molecule has 0 rings (SSSR count). The first-order valence-electron chi connectivity index (χ1n) is 2.41. The van der Waals surface area contributed by atoms with Crippen molar-refractivity contribution in [2.75, 3.05) is 4.43 Å². The minimum atomic E-state index is 0.277. The number of hydrogen-bond acceptors (Lipinski definition) is 0. The Morgan fingerprint density at radius 1 is 1.62 bits per heavy atom. The van der Waals surface area contributed by atoms with Crippen LogP contribution in [0.5, 0.6) is 0 Å². The van der Waals surface area contributed by atoms with E-state index in [1.54, 1.807) is 0 Å². The standard InChI is InChI=1S/C6H10I2/c1-5(4-7)6(2,3)8/h1,4H2,2-3H3. The van der Waals surface area contributed by atoms with E-state index in [1.807, 2.05) is 0 Å². The first-order valence-corrected chi connectivity index (χ1v) is 5.02. The number of hydrogen-bond donors (Lipinski definition) is 0. The predicted octanol–water partition coefficient (Wildman–Crippen LogP) is 3.19. The molecule has 0 nitrogen and oxygen atoms in total. The van der Waals surface area contributed by atoms with E-state index in [0.29, 0.717) is 0 Å². The van der Waals surface area contributed by atoms with Gasteiger partial charge in [-0.2, -0.15) is 0 Å². The third-order valence-electron chi connectivity index (χ3n) is 1.00. The molecule has 0 aromatic heterocycles. The van der Waals surface area contributed by atoms with Crippen molar-refractivity contribution in [2.24, 2.45) is 0 Å². The summed E-state index contributed by atoms with van der Waals surface area (Å²) in [4.78, 5) is 0. The zero-order valence-corrected chi connectivity index (χ0v) is 9.49. The Labute approximate surface area is 78.4 Å². The van der Waals surface area contributed by atoms with E-state index in [-0.39, 0.29) is 3.42 Å². The topological polar surface area (TPSA) is 0 Å². The molecule has 0 aliphatic heterocycles. The summed E-state index contributed by atoms with van der Waals surface area (Å²) in [6.45, 7) is 8.28. The Hall–Kier alpha value is 1.20. The van der Waals surface area contributed by atoms with Crippen LogP contribution in [0.2, 0.25) is 0 Å². The summed E-state index contributed by atoms with van der Waals surface area (Å²) in [5.41, 5.74) is 1.30. The lowest BCUT2D eigenvalue weighted by atomic mass is 10.1. The van der Waals surface area contributed by atoms with Crippen LogP contribution in [-0.2, 0) is 0 Å². The molecule has 0 saturated heterocycles. The van der Waals surface area contributed by atoms with Gasteiger partial charge in [-0.05, 0) is 13.8 Å². The molecule has 0 bridgehead atoms. The van der Waals surface area contributed by atoms with Gasteiger partial charge in [0.1, 0.15) is 0 Å². The summed E-state index contributed by atoms with van der Waals surface area (Å²) in [6, 6.07) is 0. The van der Waals surface area contributed by atoms with Gasteiger partial charge >= 0.3 is 0 Å². The summed E-state index contributed by atoms with van der Waals surface area (Å²) in [7, 11) is 0. The third kappa shape index (κ3) is 3.27.